The standard InChI is InChI=1S/C13H17Cl2N/c1-16-11-5-2-9(3-6-11)10-4-7-12(14)13(15)8-10/h4,7-9,11,16H,2-3,5-6H2,1H3. The van der Waals surface area contributed by atoms with Gasteiger partial charge in [0.05, 0.1) is 10.0 Å². The summed E-state index contributed by atoms with van der Waals surface area (Å²) in [6.45, 7) is 0. The van der Waals surface area contributed by atoms with E-state index in [1.807, 2.05) is 19.2 Å². The van der Waals surface area contributed by atoms with Crippen LogP contribution in [-0.2, 0) is 0 Å². The molecule has 0 radical (unpaired) electrons. The maximum atomic E-state index is 6.04. The van der Waals surface area contributed by atoms with E-state index in [1.165, 1.54) is 31.2 Å². The highest BCUT2D eigenvalue weighted by Gasteiger charge is 2.21. The minimum Gasteiger partial charge on any atom is -0.317 e. The third-order valence-electron chi connectivity index (χ3n) is 3.55. The number of hydrogen-bond acceptors (Lipinski definition) is 1. The van der Waals surface area contributed by atoms with E-state index in [0.717, 1.165) is 0 Å². The van der Waals surface area contributed by atoms with Crippen LogP contribution in [0.2, 0.25) is 10.0 Å². The molecule has 0 aromatic heterocycles. The summed E-state index contributed by atoms with van der Waals surface area (Å²) < 4.78 is 0. The Kier molecular flexibility index (Phi) is 4.12. The Bertz CT molecular complexity index is 357. The van der Waals surface area contributed by atoms with E-state index < -0.39 is 0 Å². The molecular formula is C13H17Cl2N. The molecule has 1 N–H and O–H groups in total. The van der Waals surface area contributed by atoms with Gasteiger partial charge in [0.2, 0.25) is 0 Å². The summed E-state index contributed by atoms with van der Waals surface area (Å²) in [7, 11) is 2.05. The number of hydrogen-bond donors (Lipinski definition) is 1. The van der Waals surface area contributed by atoms with Crippen LogP contribution in [0.15, 0.2) is 18.2 Å². The van der Waals surface area contributed by atoms with Crippen molar-refractivity contribution in [2.24, 2.45) is 0 Å². The third-order valence-corrected chi connectivity index (χ3v) is 4.29. The molecule has 88 valence electrons. The Morgan fingerprint density at radius 2 is 1.75 bits per heavy atom. The monoisotopic (exact) mass is 257 g/mol. The Morgan fingerprint density at radius 1 is 1.06 bits per heavy atom. The van der Waals surface area contributed by atoms with E-state index in [-0.39, 0.29) is 0 Å². The van der Waals surface area contributed by atoms with Gasteiger partial charge in [0.1, 0.15) is 0 Å². The molecule has 0 heterocycles. The molecule has 0 bridgehead atoms. The lowest BCUT2D eigenvalue weighted by Crippen LogP contribution is -2.29. The predicted octanol–water partition coefficient (Wildman–Crippen LogP) is 4.24. The fourth-order valence-electron chi connectivity index (χ4n) is 2.48. The first-order chi connectivity index (χ1) is 7.70. The van der Waals surface area contributed by atoms with Gasteiger partial charge in [-0.15, -0.1) is 0 Å². The average Bonchev–Trinajstić information content (AvgIpc) is 2.33. The summed E-state index contributed by atoms with van der Waals surface area (Å²) in [5.41, 5.74) is 1.34. The number of nitrogens with one attached hydrogen (secondary N) is 1. The maximum absolute atomic E-state index is 6.04. The SMILES string of the molecule is CNC1CCC(c2ccc(Cl)c(Cl)c2)CC1. The third kappa shape index (κ3) is 2.71. The summed E-state index contributed by atoms with van der Waals surface area (Å²) in [4.78, 5) is 0. The van der Waals surface area contributed by atoms with Gasteiger partial charge >= 0.3 is 0 Å². The topological polar surface area (TPSA) is 12.0 Å². The Hall–Kier alpha value is -0.240. The molecule has 0 unspecified atom stereocenters. The van der Waals surface area contributed by atoms with Crippen molar-refractivity contribution in [3.05, 3.63) is 33.8 Å². The maximum Gasteiger partial charge on any atom is 0.0595 e. The van der Waals surface area contributed by atoms with Crippen molar-refractivity contribution in [1.29, 1.82) is 0 Å². The Balaban J connectivity index is 2.05. The highest BCUT2D eigenvalue weighted by atomic mass is 35.5. The van der Waals surface area contributed by atoms with Gasteiger partial charge in [-0.1, -0.05) is 29.3 Å². The van der Waals surface area contributed by atoms with Crippen LogP contribution in [0.3, 0.4) is 0 Å². The van der Waals surface area contributed by atoms with Crippen LogP contribution in [0.1, 0.15) is 37.2 Å². The molecule has 2 rings (SSSR count). The molecule has 1 fully saturated rings. The Labute approximate surface area is 107 Å². The van der Waals surface area contributed by atoms with Gasteiger partial charge in [-0.2, -0.15) is 0 Å². The lowest BCUT2D eigenvalue weighted by Gasteiger charge is -2.28. The molecule has 16 heavy (non-hydrogen) atoms. The number of rotatable bonds is 2. The van der Waals surface area contributed by atoms with Crippen molar-refractivity contribution in [1.82, 2.24) is 5.32 Å². The molecule has 1 saturated carbocycles. The molecule has 1 aliphatic rings. The molecule has 0 aliphatic heterocycles. The molecule has 0 spiro atoms. The molecule has 1 aliphatic carbocycles. The van der Waals surface area contributed by atoms with Crippen molar-refractivity contribution < 1.29 is 0 Å². The second-order valence-corrected chi connectivity index (χ2v) is 5.33. The normalized spacial score (nSPS) is 25.7. The van der Waals surface area contributed by atoms with Gasteiger partial charge in [0.25, 0.3) is 0 Å². The fourth-order valence-corrected chi connectivity index (χ4v) is 2.79. The average molecular weight is 258 g/mol. The van der Waals surface area contributed by atoms with Crippen molar-refractivity contribution >= 4 is 23.2 Å². The smallest absolute Gasteiger partial charge is 0.0595 e. The van der Waals surface area contributed by atoms with E-state index in [2.05, 4.69) is 11.4 Å². The second-order valence-electron chi connectivity index (χ2n) is 4.51. The van der Waals surface area contributed by atoms with Gasteiger partial charge < -0.3 is 5.32 Å². The van der Waals surface area contributed by atoms with Crippen molar-refractivity contribution in [2.75, 3.05) is 7.05 Å². The quantitative estimate of drug-likeness (QED) is 0.836. The summed E-state index contributed by atoms with van der Waals surface area (Å²) in [5, 5.41) is 4.67. The predicted molar refractivity (Wildman–Crippen MR) is 70.5 cm³/mol. The summed E-state index contributed by atoms with van der Waals surface area (Å²) >= 11 is 12.0. The van der Waals surface area contributed by atoms with Gasteiger partial charge in [0.15, 0.2) is 0 Å². The first kappa shape index (κ1) is 12.2. The van der Waals surface area contributed by atoms with Crippen LogP contribution < -0.4 is 5.32 Å². The van der Waals surface area contributed by atoms with E-state index in [9.17, 15) is 0 Å². The largest absolute Gasteiger partial charge is 0.317 e. The second kappa shape index (κ2) is 5.39. The van der Waals surface area contributed by atoms with E-state index >= 15 is 0 Å². The summed E-state index contributed by atoms with van der Waals surface area (Å²) in [6.07, 6.45) is 4.98. The van der Waals surface area contributed by atoms with E-state index in [4.69, 9.17) is 23.2 Å². The van der Waals surface area contributed by atoms with Crippen LogP contribution in [0.5, 0.6) is 0 Å². The lowest BCUT2D eigenvalue weighted by atomic mass is 9.82. The molecule has 1 aromatic rings. The van der Waals surface area contributed by atoms with Crippen molar-refractivity contribution in [3.63, 3.8) is 0 Å². The first-order valence-electron chi connectivity index (χ1n) is 5.83. The molecule has 0 amide bonds. The van der Waals surface area contributed by atoms with Gasteiger partial charge in [0, 0.05) is 6.04 Å². The van der Waals surface area contributed by atoms with E-state index in [1.54, 1.807) is 0 Å². The van der Waals surface area contributed by atoms with Crippen molar-refractivity contribution in [2.45, 2.75) is 37.6 Å². The minimum atomic E-state index is 0.648. The zero-order valence-corrected chi connectivity index (χ0v) is 11.0. The molecule has 1 aromatic carbocycles. The molecule has 0 atom stereocenters. The van der Waals surface area contributed by atoms with E-state index in [0.29, 0.717) is 22.0 Å². The van der Waals surface area contributed by atoms with Crippen molar-refractivity contribution in [3.8, 4) is 0 Å². The molecule has 1 nitrogen and oxygen atoms in total. The van der Waals surface area contributed by atoms with Crippen LogP contribution in [0, 0.1) is 0 Å². The van der Waals surface area contributed by atoms with Crippen LogP contribution in [0.25, 0.3) is 0 Å². The molecular weight excluding hydrogens is 241 g/mol. The highest BCUT2D eigenvalue weighted by molar-refractivity contribution is 6.42. The summed E-state index contributed by atoms with van der Waals surface area (Å²) in [5.74, 6) is 0.652. The van der Waals surface area contributed by atoms with Crippen LogP contribution >= 0.6 is 23.2 Å². The first-order valence-corrected chi connectivity index (χ1v) is 6.58. The Morgan fingerprint density at radius 3 is 2.31 bits per heavy atom. The molecule has 3 heteroatoms. The van der Waals surface area contributed by atoms with Gasteiger partial charge in [-0.3, -0.25) is 0 Å². The van der Waals surface area contributed by atoms with Gasteiger partial charge in [-0.05, 0) is 56.3 Å². The van der Waals surface area contributed by atoms with Gasteiger partial charge in [-0.25, -0.2) is 0 Å². The summed E-state index contributed by atoms with van der Waals surface area (Å²) in [6, 6.07) is 6.73. The lowest BCUT2D eigenvalue weighted by molar-refractivity contribution is 0.359. The fraction of sp³-hybridized carbons (Fsp3) is 0.538. The number of halogens is 2. The zero-order valence-electron chi connectivity index (χ0n) is 9.47. The highest BCUT2D eigenvalue weighted by Crippen LogP contribution is 2.35. The van der Waals surface area contributed by atoms with Crippen LogP contribution in [-0.4, -0.2) is 13.1 Å². The minimum absolute atomic E-state index is 0.648. The zero-order chi connectivity index (χ0) is 11.5. The molecule has 0 saturated heterocycles. The van der Waals surface area contributed by atoms with Crippen LogP contribution in [0.4, 0.5) is 0 Å². The number of benzene rings is 1.